The van der Waals surface area contributed by atoms with Gasteiger partial charge in [-0.15, -0.1) is 0 Å². The molecule has 2 amide bonds. The van der Waals surface area contributed by atoms with E-state index in [4.69, 9.17) is 5.73 Å². The molecule has 0 fully saturated rings. The van der Waals surface area contributed by atoms with E-state index >= 15 is 0 Å². The topological polar surface area (TPSA) is 91.2 Å². The van der Waals surface area contributed by atoms with E-state index in [1.54, 1.807) is 18.1 Å². The fourth-order valence-electron chi connectivity index (χ4n) is 3.86. The summed E-state index contributed by atoms with van der Waals surface area (Å²) in [6, 6.07) is 24.0. The lowest BCUT2D eigenvalue weighted by molar-refractivity contribution is -0.127. The van der Waals surface area contributed by atoms with E-state index in [9.17, 15) is 9.59 Å². The average molecular weight is 427 g/mol. The van der Waals surface area contributed by atoms with Crippen molar-refractivity contribution in [1.29, 1.82) is 0 Å². The Kier molecular flexibility index (Phi) is 6.22. The fourth-order valence-corrected chi connectivity index (χ4v) is 3.86. The van der Waals surface area contributed by atoms with Crippen LogP contribution in [-0.2, 0) is 22.4 Å². The van der Waals surface area contributed by atoms with Gasteiger partial charge in [0.15, 0.2) is 0 Å². The first-order valence-electron chi connectivity index (χ1n) is 10.5. The zero-order valence-corrected chi connectivity index (χ0v) is 17.9. The number of likely N-dealkylation sites (N-methyl/N-ethyl adjacent to an activating group) is 1. The van der Waals surface area contributed by atoms with Crippen LogP contribution in [-0.4, -0.2) is 29.9 Å². The summed E-state index contributed by atoms with van der Waals surface area (Å²) in [5, 5.41) is 3.87. The van der Waals surface area contributed by atoms with Crippen molar-refractivity contribution in [3.63, 3.8) is 0 Å². The van der Waals surface area contributed by atoms with Gasteiger partial charge in [-0.3, -0.25) is 9.59 Å². The third-order valence-corrected chi connectivity index (χ3v) is 5.57. The molecular weight excluding hydrogens is 400 g/mol. The number of carbonyl (C=O) groups is 2. The molecule has 0 saturated heterocycles. The van der Waals surface area contributed by atoms with Crippen molar-refractivity contribution in [1.82, 2.24) is 10.3 Å². The number of nitrogens with one attached hydrogen (secondary N) is 2. The first-order valence-corrected chi connectivity index (χ1v) is 10.5. The summed E-state index contributed by atoms with van der Waals surface area (Å²) in [7, 11) is 1.73. The summed E-state index contributed by atoms with van der Waals surface area (Å²) < 4.78 is 0. The highest BCUT2D eigenvalue weighted by atomic mass is 16.2. The average Bonchev–Trinajstić information content (AvgIpc) is 3.23. The first kappa shape index (κ1) is 21.2. The monoisotopic (exact) mass is 426 g/mol. The number of nitrogens with zero attached hydrogens (tertiary/aromatic N) is 1. The SMILES string of the molecule is CN(C(=O)C(Cc1ccccc1)NC(=O)Cc1c[nH]c2c(N)cccc12)c1ccccc1. The van der Waals surface area contributed by atoms with Crippen molar-refractivity contribution in [2.75, 3.05) is 17.7 Å². The van der Waals surface area contributed by atoms with Gasteiger partial charge in [0.05, 0.1) is 17.6 Å². The highest BCUT2D eigenvalue weighted by Crippen LogP contribution is 2.23. The van der Waals surface area contributed by atoms with Crippen LogP contribution in [0.2, 0.25) is 0 Å². The van der Waals surface area contributed by atoms with E-state index < -0.39 is 6.04 Å². The largest absolute Gasteiger partial charge is 0.397 e. The number of H-pyrrole nitrogens is 1. The van der Waals surface area contributed by atoms with E-state index in [2.05, 4.69) is 10.3 Å². The predicted octanol–water partition coefficient (Wildman–Crippen LogP) is 3.68. The van der Waals surface area contributed by atoms with Crippen molar-refractivity contribution in [3.05, 3.63) is 96.2 Å². The zero-order chi connectivity index (χ0) is 22.5. The fraction of sp³-hybridized carbons (Fsp3) is 0.154. The number of aromatic amines is 1. The Labute approximate surface area is 187 Å². The maximum Gasteiger partial charge on any atom is 0.249 e. The minimum Gasteiger partial charge on any atom is -0.397 e. The molecule has 0 saturated carbocycles. The Morgan fingerprint density at radius 1 is 0.969 bits per heavy atom. The number of nitrogens with two attached hydrogens (primary N) is 1. The van der Waals surface area contributed by atoms with Crippen LogP contribution in [0.3, 0.4) is 0 Å². The van der Waals surface area contributed by atoms with E-state index in [1.807, 2.05) is 78.9 Å². The first-order chi connectivity index (χ1) is 15.5. The van der Waals surface area contributed by atoms with E-state index in [0.29, 0.717) is 12.1 Å². The molecule has 0 bridgehead atoms. The van der Waals surface area contributed by atoms with Crippen LogP contribution < -0.4 is 16.0 Å². The molecule has 6 heteroatoms. The second-order valence-corrected chi connectivity index (χ2v) is 7.80. The number of carbonyl (C=O) groups excluding carboxylic acids is 2. The highest BCUT2D eigenvalue weighted by molar-refractivity contribution is 6.00. The highest BCUT2D eigenvalue weighted by Gasteiger charge is 2.25. The normalized spacial score (nSPS) is 11.8. The van der Waals surface area contributed by atoms with Gasteiger partial charge in [0, 0.05) is 30.7 Å². The van der Waals surface area contributed by atoms with Gasteiger partial charge in [0.1, 0.15) is 6.04 Å². The molecule has 1 aromatic heterocycles. The molecule has 0 radical (unpaired) electrons. The maximum absolute atomic E-state index is 13.3. The van der Waals surface area contributed by atoms with Gasteiger partial charge >= 0.3 is 0 Å². The van der Waals surface area contributed by atoms with E-state index in [-0.39, 0.29) is 18.2 Å². The second-order valence-electron chi connectivity index (χ2n) is 7.80. The molecule has 1 heterocycles. The number of para-hydroxylation sites is 2. The Bertz CT molecular complexity index is 1220. The minimum absolute atomic E-state index is 0.150. The number of benzene rings is 3. The number of amides is 2. The Hall–Kier alpha value is -4.06. The molecule has 0 aliphatic rings. The lowest BCUT2D eigenvalue weighted by Crippen LogP contribution is -2.49. The van der Waals surface area contributed by atoms with Crippen LogP contribution in [0.25, 0.3) is 10.9 Å². The Balaban J connectivity index is 1.54. The van der Waals surface area contributed by atoms with Gasteiger partial charge in [-0.25, -0.2) is 0 Å². The van der Waals surface area contributed by atoms with E-state index in [0.717, 1.165) is 27.7 Å². The molecule has 1 atom stereocenters. The molecule has 4 rings (SSSR count). The molecule has 6 nitrogen and oxygen atoms in total. The Morgan fingerprint density at radius 2 is 1.66 bits per heavy atom. The standard InChI is InChI=1S/C26H26N4O2/c1-30(20-11-6-3-7-12-20)26(32)23(15-18-9-4-2-5-10-18)29-24(31)16-19-17-28-25-21(19)13-8-14-22(25)27/h2-14,17,23,28H,15-16,27H2,1H3,(H,29,31). The number of fused-ring (bicyclic) bond motifs is 1. The van der Waals surface area contributed by atoms with Crippen LogP contribution in [0.4, 0.5) is 11.4 Å². The van der Waals surface area contributed by atoms with Gasteiger partial charge in [-0.1, -0.05) is 60.7 Å². The summed E-state index contributed by atoms with van der Waals surface area (Å²) in [6.45, 7) is 0. The quantitative estimate of drug-likeness (QED) is 0.394. The van der Waals surface area contributed by atoms with Gasteiger partial charge in [-0.05, 0) is 29.3 Å². The zero-order valence-electron chi connectivity index (χ0n) is 17.9. The third kappa shape index (κ3) is 4.64. The van der Waals surface area contributed by atoms with Crippen molar-refractivity contribution in [3.8, 4) is 0 Å². The Morgan fingerprint density at radius 3 is 2.38 bits per heavy atom. The van der Waals surface area contributed by atoms with Gasteiger partial charge in [-0.2, -0.15) is 0 Å². The summed E-state index contributed by atoms with van der Waals surface area (Å²) in [5.74, 6) is -0.388. The lowest BCUT2D eigenvalue weighted by Gasteiger charge is -2.25. The number of anilines is 2. The molecule has 0 spiro atoms. The number of aromatic nitrogens is 1. The molecule has 4 aromatic rings. The van der Waals surface area contributed by atoms with Crippen LogP contribution in [0.5, 0.6) is 0 Å². The van der Waals surface area contributed by atoms with Crippen molar-refractivity contribution < 1.29 is 9.59 Å². The van der Waals surface area contributed by atoms with Crippen LogP contribution in [0.1, 0.15) is 11.1 Å². The predicted molar refractivity (Wildman–Crippen MR) is 128 cm³/mol. The molecule has 0 aliphatic carbocycles. The molecule has 4 N–H and O–H groups in total. The minimum atomic E-state index is -0.689. The molecule has 1 unspecified atom stereocenters. The number of nitrogen functional groups attached to an aromatic ring is 1. The number of hydrogen-bond donors (Lipinski definition) is 3. The summed E-state index contributed by atoms with van der Waals surface area (Å²) in [4.78, 5) is 31.0. The van der Waals surface area contributed by atoms with Gasteiger partial charge in [0.25, 0.3) is 0 Å². The van der Waals surface area contributed by atoms with E-state index in [1.165, 1.54) is 0 Å². The third-order valence-electron chi connectivity index (χ3n) is 5.57. The van der Waals surface area contributed by atoms with Crippen LogP contribution in [0.15, 0.2) is 85.1 Å². The van der Waals surface area contributed by atoms with Crippen LogP contribution in [0, 0.1) is 0 Å². The summed E-state index contributed by atoms with van der Waals surface area (Å²) in [6.07, 6.45) is 2.35. The maximum atomic E-state index is 13.3. The smallest absolute Gasteiger partial charge is 0.249 e. The molecule has 3 aromatic carbocycles. The van der Waals surface area contributed by atoms with Crippen molar-refractivity contribution in [2.45, 2.75) is 18.9 Å². The molecule has 0 aliphatic heterocycles. The van der Waals surface area contributed by atoms with Crippen molar-refractivity contribution >= 4 is 34.1 Å². The molecular formula is C26H26N4O2. The van der Waals surface area contributed by atoms with Crippen LogP contribution >= 0.6 is 0 Å². The molecule has 32 heavy (non-hydrogen) atoms. The number of hydrogen-bond acceptors (Lipinski definition) is 3. The lowest BCUT2D eigenvalue weighted by atomic mass is 10.0. The van der Waals surface area contributed by atoms with Gasteiger partial charge < -0.3 is 20.9 Å². The van der Waals surface area contributed by atoms with Gasteiger partial charge in [0.2, 0.25) is 11.8 Å². The number of rotatable bonds is 7. The summed E-state index contributed by atoms with van der Waals surface area (Å²) in [5.41, 5.74) is 10.1. The van der Waals surface area contributed by atoms with Crippen molar-refractivity contribution in [2.24, 2.45) is 0 Å². The molecule has 162 valence electrons. The second kappa shape index (κ2) is 9.39. The summed E-state index contributed by atoms with van der Waals surface area (Å²) >= 11 is 0.